The van der Waals surface area contributed by atoms with Crippen molar-refractivity contribution >= 4 is 0 Å². The fourth-order valence-corrected chi connectivity index (χ4v) is 0.426. The summed E-state index contributed by atoms with van der Waals surface area (Å²) in [6.45, 7) is 0.619. The van der Waals surface area contributed by atoms with E-state index in [0.29, 0.717) is 6.92 Å². The third-order valence-corrected chi connectivity index (χ3v) is 1.11. The molecule has 0 unspecified atom stereocenters. The van der Waals surface area contributed by atoms with E-state index >= 15 is 0 Å². The van der Waals surface area contributed by atoms with E-state index in [0.717, 1.165) is 0 Å². The van der Waals surface area contributed by atoms with Crippen LogP contribution in [0.1, 0.15) is 13.3 Å². The molecule has 0 aromatic rings. The highest BCUT2D eigenvalue weighted by Crippen LogP contribution is 2.41. The van der Waals surface area contributed by atoms with Gasteiger partial charge in [0, 0.05) is 6.42 Å². The average Bonchev–Trinajstić information content (AvgIpc) is 1.81. The minimum absolute atomic E-state index is 0.619. The van der Waals surface area contributed by atoms with Gasteiger partial charge in [0.2, 0.25) is 0 Å². The molecule has 0 aliphatic carbocycles. The molecule has 0 fully saturated rings. The number of halogens is 7. The summed E-state index contributed by atoms with van der Waals surface area (Å²) in [6, 6.07) is 0. The van der Waals surface area contributed by atoms with Gasteiger partial charge in [-0.3, -0.25) is 0 Å². The first-order valence-corrected chi connectivity index (χ1v) is 3.04. The van der Waals surface area contributed by atoms with Crippen molar-refractivity contribution in [2.24, 2.45) is 0 Å². The van der Waals surface area contributed by atoms with Crippen LogP contribution in [0.15, 0.2) is 0 Å². The lowest BCUT2D eigenvalue weighted by molar-refractivity contribution is -0.465. The molecule has 0 saturated heterocycles. The Bertz CT molecular complexity index is 172. The Balaban J connectivity index is 4.58. The van der Waals surface area contributed by atoms with E-state index in [4.69, 9.17) is 0 Å². The monoisotopic (exact) mass is 214 g/mol. The molecular formula is C5H5F7O. The topological polar surface area (TPSA) is 9.23 Å². The zero-order valence-electron chi connectivity index (χ0n) is 6.26. The maximum Gasteiger partial charge on any atom is 0.527 e. The molecule has 0 rings (SSSR count). The Kier molecular flexibility index (Phi) is 3.18. The van der Waals surface area contributed by atoms with Gasteiger partial charge in [0.1, 0.15) is 0 Å². The van der Waals surface area contributed by atoms with Crippen molar-refractivity contribution in [2.45, 2.75) is 31.7 Å². The first-order chi connectivity index (χ1) is 5.52. The minimum Gasteiger partial charge on any atom is -0.221 e. The van der Waals surface area contributed by atoms with Crippen LogP contribution in [0, 0.1) is 0 Å². The molecule has 80 valence electrons. The number of hydrogen-bond donors (Lipinski definition) is 0. The molecular weight excluding hydrogens is 209 g/mol. The van der Waals surface area contributed by atoms with Crippen molar-refractivity contribution in [1.82, 2.24) is 0 Å². The lowest BCUT2D eigenvalue weighted by Crippen LogP contribution is -2.45. The average molecular weight is 214 g/mol. The van der Waals surface area contributed by atoms with Crippen LogP contribution in [0.25, 0.3) is 0 Å². The summed E-state index contributed by atoms with van der Waals surface area (Å²) in [4.78, 5) is 0. The van der Waals surface area contributed by atoms with Crippen molar-refractivity contribution in [3.8, 4) is 0 Å². The maximum atomic E-state index is 12.1. The molecule has 1 nitrogen and oxygen atoms in total. The first-order valence-electron chi connectivity index (χ1n) is 3.04. The molecule has 0 saturated carbocycles. The second-order valence-electron chi connectivity index (χ2n) is 2.12. The normalized spacial score (nSPS) is 14.8. The molecule has 0 heterocycles. The predicted octanol–water partition coefficient (Wildman–Crippen LogP) is 3.16. The van der Waals surface area contributed by atoms with Crippen molar-refractivity contribution in [3.63, 3.8) is 0 Å². The molecule has 0 aliphatic rings. The summed E-state index contributed by atoms with van der Waals surface area (Å²) < 4.78 is 83.7. The van der Waals surface area contributed by atoms with Crippen molar-refractivity contribution in [2.75, 3.05) is 0 Å². The summed E-state index contributed by atoms with van der Waals surface area (Å²) in [7, 11) is 0. The highest BCUT2D eigenvalue weighted by Gasteiger charge is 2.61. The Morgan fingerprint density at radius 1 is 0.923 bits per heavy atom. The van der Waals surface area contributed by atoms with E-state index in [9.17, 15) is 30.7 Å². The number of rotatable bonds is 3. The van der Waals surface area contributed by atoms with Gasteiger partial charge < -0.3 is 0 Å². The fraction of sp³-hybridized carbons (Fsp3) is 1.00. The van der Waals surface area contributed by atoms with Crippen molar-refractivity contribution in [3.05, 3.63) is 0 Å². The summed E-state index contributed by atoms with van der Waals surface area (Å²) >= 11 is 0. The van der Waals surface area contributed by atoms with Crippen LogP contribution in [0.5, 0.6) is 0 Å². The van der Waals surface area contributed by atoms with Crippen LogP contribution >= 0.6 is 0 Å². The summed E-state index contributed by atoms with van der Waals surface area (Å²) in [6.07, 6.45) is -12.8. The first kappa shape index (κ1) is 12.5. The Morgan fingerprint density at radius 2 is 1.31 bits per heavy atom. The highest BCUT2D eigenvalue weighted by molar-refractivity contribution is 4.75. The molecule has 0 aromatic heterocycles. The third-order valence-electron chi connectivity index (χ3n) is 1.11. The van der Waals surface area contributed by atoms with E-state index in [1.165, 1.54) is 0 Å². The molecule has 0 spiro atoms. The summed E-state index contributed by atoms with van der Waals surface area (Å²) in [5.41, 5.74) is 0. The van der Waals surface area contributed by atoms with E-state index in [1.807, 2.05) is 4.74 Å². The van der Waals surface area contributed by atoms with Gasteiger partial charge in [0.15, 0.2) is 0 Å². The second kappa shape index (κ2) is 3.32. The Labute approximate surface area is 68.5 Å². The summed E-state index contributed by atoms with van der Waals surface area (Å²) in [5, 5.41) is 0. The SMILES string of the molecule is CCC(F)(F)C(F)(F)OC(F)(F)F. The van der Waals surface area contributed by atoms with Gasteiger partial charge in [-0.15, -0.1) is 13.2 Å². The Morgan fingerprint density at radius 3 is 1.54 bits per heavy atom. The van der Waals surface area contributed by atoms with Gasteiger partial charge in [0.25, 0.3) is 0 Å². The summed E-state index contributed by atoms with van der Waals surface area (Å²) in [5.74, 6) is -4.83. The van der Waals surface area contributed by atoms with E-state index in [1.54, 1.807) is 0 Å². The van der Waals surface area contributed by atoms with Crippen LogP contribution in [0.4, 0.5) is 30.7 Å². The Hall–Kier alpha value is -0.530. The highest BCUT2D eigenvalue weighted by atomic mass is 19.4. The van der Waals surface area contributed by atoms with Gasteiger partial charge in [-0.2, -0.15) is 17.6 Å². The third kappa shape index (κ3) is 3.37. The number of hydrogen-bond acceptors (Lipinski definition) is 1. The molecule has 8 heteroatoms. The molecule has 0 aromatic carbocycles. The molecule has 0 N–H and O–H groups in total. The van der Waals surface area contributed by atoms with Gasteiger partial charge in [-0.25, -0.2) is 4.74 Å². The lowest BCUT2D eigenvalue weighted by Gasteiger charge is -2.25. The fourth-order valence-electron chi connectivity index (χ4n) is 0.426. The van der Waals surface area contributed by atoms with Crippen molar-refractivity contribution in [1.29, 1.82) is 0 Å². The van der Waals surface area contributed by atoms with Crippen LogP contribution in [-0.4, -0.2) is 18.4 Å². The standard InChI is InChI=1S/C5H5F7O/c1-2-3(6,7)4(8,9)13-5(10,11)12/h2H2,1H3. The molecule has 0 atom stereocenters. The van der Waals surface area contributed by atoms with Crippen LogP contribution < -0.4 is 0 Å². The maximum absolute atomic E-state index is 12.1. The molecule has 0 radical (unpaired) electrons. The van der Waals surface area contributed by atoms with Crippen LogP contribution in [0.2, 0.25) is 0 Å². The molecule has 0 aliphatic heterocycles. The van der Waals surface area contributed by atoms with Gasteiger partial charge >= 0.3 is 18.4 Å². The number of alkyl halides is 7. The van der Waals surface area contributed by atoms with Gasteiger partial charge in [-0.1, -0.05) is 6.92 Å². The van der Waals surface area contributed by atoms with Crippen molar-refractivity contribution < 1.29 is 35.5 Å². The van der Waals surface area contributed by atoms with E-state index < -0.39 is 24.8 Å². The lowest BCUT2D eigenvalue weighted by atomic mass is 10.2. The van der Waals surface area contributed by atoms with E-state index in [-0.39, 0.29) is 0 Å². The smallest absolute Gasteiger partial charge is 0.221 e. The zero-order chi connectivity index (χ0) is 10.9. The second-order valence-corrected chi connectivity index (χ2v) is 2.12. The van der Waals surface area contributed by atoms with Crippen LogP contribution in [0.3, 0.4) is 0 Å². The predicted molar refractivity (Wildman–Crippen MR) is 27.3 cm³/mol. The largest absolute Gasteiger partial charge is 0.527 e. The minimum atomic E-state index is -5.79. The van der Waals surface area contributed by atoms with Gasteiger partial charge in [0.05, 0.1) is 0 Å². The van der Waals surface area contributed by atoms with E-state index in [2.05, 4.69) is 0 Å². The zero-order valence-corrected chi connectivity index (χ0v) is 6.26. The molecule has 0 bridgehead atoms. The van der Waals surface area contributed by atoms with Crippen LogP contribution in [-0.2, 0) is 4.74 Å². The quantitative estimate of drug-likeness (QED) is 0.655. The molecule has 13 heavy (non-hydrogen) atoms. The van der Waals surface area contributed by atoms with Gasteiger partial charge in [-0.05, 0) is 0 Å². The number of ether oxygens (including phenoxy) is 1. The molecule has 0 amide bonds.